The van der Waals surface area contributed by atoms with Gasteiger partial charge in [-0.15, -0.1) is 21.5 Å². The van der Waals surface area contributed by atoms with Crippen molar-refractivity contribution < 1.29 is 47.3 Å². The van der Waals surface area contributed by atoms with Crippen LogP contribution in [0.3, 0.4) is 0 Å². The van der Waals surface area contributed by atoms with Crippen LogP contribution >= 0.6 is 22.9 Å². The molecule has 4 aliphatic rings. The average molecular weight is 997 g/mol. The molecule has 6 aromatic rings. The number of ether oxygens (including phenoxy) is 1. The van der Waals surface area contributed by atoms with Gasteiger partial charge in [-0.1, -0.05) is 41.9 Å². The number of sulfonamides is 1. The normalized spacial score (nSPS) is 19.9. The predicted octanol–water partition coefficient (Wildman–Crippen LogP) is 6.16. The van der Waals surface area contributed by atoms with E-state index >= 15 is 0 Å². The molecule has 69 heavy (non-hydrogen) atoms. The van der Waals surface area contributed by atoms with E-state index in [0.29, 0.717) is 64.9 Å². The average Bonchev–Trinajstić information content (AvgIpc) is 3.97. The molecule has 10 rings (SSSR count). The van der Waals surface area contributed by atoms with Crippen molar-refractivity contribution in [3.05, 3.63) is 93.7 Å². The zero-order chi connectivity index (χ0) is 48.5. The molecule has 0 bridgehead atoms. The van der Waals surface area contributed by atoms with Crippen LogP contribution in [0.25, 0.3) is 27.0 Å². The molecular formula is C47H46ClN9O10S2. The molecule has 22 heteroatoms. The molecule has 0 saturated carbocycles. The molecule has 3 saturated heterocycles. The second-order valence-electron chi connectivity index (χ2n) is 18.4. The van der Waals surface area contributed by atoms with Gasteiger partial charge < -0.3 is 25.2 Å². The fourth-order valence-corrected chi connectivity index (χ4v) is 13.6. The lowest BCUT2D eigenvalue weighted by Crippen LogP contribution is -2.55. The lowest BCUT2D eigenvalue weighted by atomic mass is 9.85. The van der Waals surface area contributed by atoms with Gasteiger partial charge in [-0.05, 0) is 92.6 Å². The Labute approximate surface area is 404 Å². The number of nitrogens with zero attached hydrogens (tertiary/aromatic N) is 7. The van der Waals surface area contributed by atoms with E-state index in [1.54, 1.807) is 33.7 Å². The van der Waals surface area contributed by atoms with E-state index in [0.717, 1.165) is 40.5 Å². The number of halogens is 1. The van der Waals surface area contributed by atoms with Crippen molar-refractivity contribution >= 4 is 96.4 Å². The summed E-state index contributed by atoms with van der Waals surface area (Å²) in [6.45, 7) is 4.66. The Hall–Kier alpha value is -6.68. The molecule has 3 aromatic heterocycles. The summed E-state index contributed by atoms with van der Waals surface area (Å²) in [5.41, 5.74) is 3.19. The number of hydrogen-bond donors (Lipinski definition) is 4. The number of carbonyl (C=O) groups is 5. The Morgan fingerprint density at radius 3 is 2.51 bits per heavy atom. The first-order chi connectivity index (χ1) is 33.0. The van der Waals surface area contributed by atoms with Crippen molar-refractivity contribution in [2.45, 2.75) is 81.7 Å². The van der Waals surface area contributed by atoms with Gasteiger partial charge in [0.05, 0.1) is 22.5 Å². The zero-order valence-corrected chi connectivity index (χ0v) is 39.7. The largest absolute Gasteiger partial charge is 0.479 e. The highest BCUT2D eigenvalue weighted by Crippen LogP contribution is 2.47. The van der Waals surface area contributed by atoms with E-state index in [-0.39, 0.29) is 70.3 Å². The van der Waals surface area contributed by atoms with E-state index in [9.17, 15) is 37.5 Å². The van der Waals surface area contributed by atoms with E-state index in [1.165, 1.54) is 4.31 Å². The van der Waals surface area contributed by atoms with Crippen molar-refractivity contribution in [2.24, 2.45) is 0 Å². The summed E-state index contributed by atoms with van der Waals surface area (Å²) in [5.74, 6) is -2.91. The van der Waals surface area contributed by atoms with Crippen LogP contribution in [0.5, 0.6) is 5.75 Å². The molecule has 0 aliphatic carbocycles. The number of imidazole rings is 1. The van der Waals surface area contributed by atoms with E-state index in [2.05, 4.69) is 31.8 Å². The zero-order valence-electron chi connectivity index (χ0n) is 37.3. The summed E-state index contributed by atoms with van der Waals surface area (Å²) >= 11 is 7.41. The van der Waals surface area contributed by atoms with Crippen molar-refractivity contribution in [2.75, 3.05) is 41.4 Å². The van der Waals surface area contributed by atoms with Crippen LogP contribution < -0.4 is 25.2 Å². The number of aromatic nitrogens is 4. The Balaban J connectivity index is 0.778. The van der Waals surface area contributed by atoms with Crippen LogP contribution in [0, 0.1) is 0 Å². The van der Waals surface area contributed by atoms with Crippen molar-refractivity contribution in [1.29, 1.82) is 0 Å². The summed E-state index contributed by atoms with van der Waals surface area (Å²) in [4.78, 5) is 70.0. The standard InChI is InChI=1S/C47H46ClN9O10S2/c1-47(2)20-28(49-27-6-3-5-26(19-27)41-39(48)40(67-23-37(59)60)42(68-41)45(63)64)15-18-56(47)69(65,66)24-29-21-55-22-35(50-46(55)53-52-29)54-16-13-25(14-17-54)30-9-10-33-38-31(30)7-4-8-32(38)44(62)57(33)34-11-12-36(58)51-43(34)61/h3-10,19,21-22,25,28,34,49H,11-18,20,23-24H2,1-2H3,(H,59,60)(H,63,64)(H,51,58,61). The van der Waals surface area contributed by atoms with E-state index in [4.69, 9.17) is 26.4 Å². The van der Waals surface area contributed by atoms with E-state index < -0.39 is 46.1 Å². The maximum absolute atomic E-state index is 14.1. The molecule has 0 spiro atoms. The van der Waals surface area contributed by atoms with Gasteiger partial charge >= 0.3 is 11.9 Å². The molecule has 19 nitrogen and oxygen atoms in total. The highest BCUT2D eigenvalue weighted by Gasteiger charge is 2.43. The lowest BCUT2D eigenvalue weighted by molar-refractivity contribution is -0.139. The smallest absolute Gasteiger partial charge is 0.349 e. The van der Waals surface area contributed by atoms with Crippen LogP contribution in [0.2, 0.25) is 5.02 Å². The van der Waals surface area contributed by atoms with Gasteiger partial charge in [0.2, 0.25) is 21.8 Å². The topological polar surface area (TPSA) is 246 Å². The maximum atomic E-state index is 14.1. The van der Waals surface area contributed by atoms with Gasteiger partial charge in [0.15, 0.2) is 17.2 Å². The Bertz CT molecular complexity index is 3240. The number of carboxylic acid groups (broad SMARTS) is 2. The molecule has 3 aromatic carbocycles. The minimum atomic E-state index is -3.86. The molecule has 4 aliphatic heterocycles. The SMILES string of the molecule is CC1(C)CC(Nc2cccc(-c3sc(C(=O)O)c(OCC(=O)O)c3Cl)c2)CCN1S(=O)(=O)Cc1cn2cc(N3CCC(c4ccc5c6c(cccc46)C(=O)N5C4CCC(=O)NC4=O)CC3)nc2nn1. The Morgan fingerprint density at radius 1 is 0.986 bits per heavy atom. The number of nitrogens with one attached hydrogen (secondary N) is 2. The molecule has 358 valence electrons. The number of hydrogen-bond acceptors (Lipinski definition) is 14. The molecule has 7 heterocycles. The summed E-state index contributed by atoms with van der Waals surface area (Å²) in [6.07, 6.45) is 6.55. The van der Waals surface area contributed by atoms with Crippen LogP contribution in [0.1, 0.15) is 89.6 Å². The highest BCUT2D eigenvalue weighted by molar-refractivity contribution is 7.88. The molecule has 2 atom stereocenters. The first kappa shape index (κ1) is 46.1. The number of rotatable bonds is 13. The predicted molar refractivity (Wildman–Crippen MR) is 257 cm³/mol. The first-order valence-corrected chi connectivity index (χ1v) is 25.2. The summed E-state index contributed by atoms with van der Waals surface area (Å²) in [5, 5.41) is 35.1. The fraction of sp³-hybridized carbons (Fsp3) is 0.362. The Morgan fingerprint density at radius 2 is 1.77 bits per heavy atom. The second kappa shape index (κ2) is 17.7. The molecule has 3 fully saturated rings. The van der Waals surface area contributed by atoms with Gasteiger partial charge in [-0.2, -0.15) is 9.29 Å². The quantitative estimate of drug-likeness (QED) is 0.0948. The minimum Gasteiger partial charge on any atom is -0.479 e. The van der Waals surface area contributed by atoms with Gasteiger partial charge in [-0.25, -0.2) is 18.0 Å². The number of fused-ring (bicyclic) bond motifs is 1. The molecule has 0 radical (unpaired) electrons. The number of carboxylic acids is 2. The van der Waals surface area contributed by atoms with Crippen LogP contribution in [0.4, 0.5) is 17.2 Å². The number of thiophene rings is 1. The number of aromatic carboxylic acids is 1. The van der Waals surface area contributed by atoms with Gasteiger partial charge in [0.1, 0.15) is 22.6 Å². The molecule has 3 amide bonds. The third-order valence-corrected chi connectivity index (χ3v) is 17.1. The first-order valence-electron chi connectivity index (χ1n) is 22.4. The van der Waals surface area contributed by atoms with Crippen LogP contribution in [-0.4, -0.2) is 116 Å². The van der Waals surface area contributed by atoms with E-state index in [1.807, 2.05) is 50.4 Å². The van der Waals surface area contributed by atoms with Crippen molar-refractivity contribution in [3.63, 3.8) is 0 Å². The van der Waals surface area contributed by atoms with Crippen molar-refractivity contribution in [3.8, 4) is 16.2 Å². The maximum Gasteiger partial charge on any atom is 0.349 e. The fourth-order valence-electron chi connectivity index (χ4n) is 10.4. The lowest BCUT2D eigenvalue weighted by Gasteiger charge is -2.44. The number of amides is 3. The third kappa shape index (κ3) is 8.61. The van der Waals surface area contributed by atoms with Gasteiger partial charge in [-0.3, -0.25) is 29.0 Å². The number of imide groups is 1. The highest BCUT2D eigenvalue weighted by atomic mass is 35.5. The Kier molecular flexibility index (Phi) is 11.8. The van der Waals surface area contributed by atoms with Crippen LogP contribution in [-0.2, 0) is 30.2 Å². The number of anilines is 3. The molecule has 2 unspecified atom stereocenters. The van der Waals surface area contributed by atoms with Crippen molar-refractivity contribution in [1.82, 2.24) is 29.2 Å². The molecule has 4 N–H and O–H groups in total. The minimum absolute atomic E-state index is 0.000672. The third-order valence-electron chi connectivity index (χ3n) is 13.4. The molecular weight excluding hydrogens is 950 g/mol. The monoisotopic (exact) mass is 995 g/mol. The summed E-state index contributed by atoms with van der Waals surface area (Å²) in [7, 11) is -3.86. The summed E-state index contributed by atoms with van der Waals surface area (Å²) in [6, 6.07) is 16.0. The summed E-state index contributed by atoms with van der Waals surface area (Å²) < 4.78 is 36.6. The second-order valence-corrected chi connectivity index (χ2v) is 21.7. The van der Waals surface area contributed by atoms with Crippen LogP contribution in [0.15, 0.2) is 67.0 Å². The number of piperidine rings is 3. The number of aliphatic carboxylic acids is 1. The van der Waals surface area contributed by atoms with Gasteiger partial charge in [0, 0.05) is 60.5 Å². The number of carbonyl (C=O) groups excluding carboxylic acids is 3. The van der Waals surface area contributed by atoms with Gasteiger partial charge in [0.25, 0.3) is 11.7 Å². The number of benzene rings is 3.